The number of hydrogen-bond acceptors (Lipinski definition) is 6. The molecule has 0 aromatic heterocycles. The van der Waals surface area contributed by atoms with E-state index < -0.39 is 45.1 Å². The standard InChI is InChI=1S/C31H68O6Si4/c1-17-20-24-40(13,14)36-30(6,7)41(15,16)37-31(18-2,19-3)39(11,12)23-21-22-33-25-28(26-34-38(8,9)10)35-29(32)27(4)5/h28H,4,17-26H2,1-3,5-16H3. The lowest BCUT2D eigenvalue weighted by Crippen LogP contribution is -2.66. The van der Waals surface area contributed by atoms with Crippen LogP contribution < -0.4 is 0 Å². The lowest BCUT2D eigenvalue weighted by atomic mass is 10.2. The maximum atomic E-state index is 12.1. The zero-order valence-corrected chi connectivity index (χ0v) is 33.8. The first-order valence-corrected chi connectivity index (χ1v) is 28.6. The van der Waals surface area contributed by atoms with Crippen molar-refractivity contribution in [2.75, 3.05) is 19.8 Å². The van der Waals surface area contributed by atoms with Gasteiger partial charge in [-0.25, -0.2) is 4.79 Å². The Bertz CT molecular complexity index is 801. The van der Waals surface area contributed by atoms with Gasteiger partial charge in [0.25, 0.3) is 0 Å². The van der Waals surface area contributed by atoms with Crippen LogP contribution in [-0.2, 0) is 27.5 Å². The highest BCUT2D eigenvalue weighted by molar-refractivity contribution is 6.83. The van der Waals surface area contributed by atoms with Crippen LogP contribution in [0.2, 0.25) is 71.0 Å². The van der Waals surface area contributed by atoms with Crippen LogP contribution in [0.4, 0.5) is 0 Å². The molecule has 0 heterocycles. The second-order valence-electron chi connectivity index (χ2n) is 15.1. The van der Waals surface area contributed by atoms with Gasteiger partial charge in [0.1, 0.15) is 6.10 Å². The van der Waals surface area contributed by atoms with Crippen LogP contribution in [0.15, 0.2) is 12.2 Å². The second-order valence-corrected chi connectivity index (χ2v) is 33.4. The largest absolute Gasteiger partial charge is 0.454 e. The first-order chi connectivity index (χ1) is 18.5. The Labute approximate surface area is 259 Å². The second kappa shape index (κ2) is 16.8. The maximum Gasteiger partial charge on any atom is 0.333 e. The van der Waals surface area contributed by atoms with Crippen LogP contribution >= 0.6 is 0 Å². The van der Waals surface area contributed by atoms with Crippen LogP contribution in [0.3, 0.4) is 0 Å². The first kappa shape index (κ1) is 40.9. The summed E-state index contributed by atoms with van der Waals surface area (Å²) in [6, 6.07) is 2.31. The van der Waals surface area contributed by atoms with Crippen molar-refractivity contribution < 1.29 is 27.5 Å². The number of ether oxygens (including phenoxy) is 2. The fraction of sp³-hybridized carbons (Fsp3) is 0.903. The van der Waals surface area contributed by atoms with Gasteiger partial charge in [0.15, 0.2) is 16.6 Å². The molecule has 10 heteroatoms. The summed E-state index contributed by atoms with van der Waals surface area (Å²) in [5.41, 5.74) is 0.387. The van der Waals surface area contributed by atoms with Gasteiger partial charge in [-0.1, -0.05) is 59.3 Å². The molecule has 0 aliphatic carbocycles. The molecule has 0 aromatic rings. The van der Waals surface area contributed by atoms with E-state index in [4.69, 9.17) is 22.8 Å². The van der Waals surface area contributed by atoms with Crippen molar-refractivity contribution in [3.05, 3.63) is 12.2 Å². The molecule has 0 rings (SSSR count). The van der Waals surface area contributed by atoms with Crippen LogP contribution in [-0.4, -0.2) is 75.4 Å². The number of esters is 1. The molecule has 0 saturated heterocycles. The SMILES string of the molecule is C=C(C)C(=O)OC(COCCC[Si](C)(C)C(CC)(CC)O[Si](C)(C)C(C)(C)O[Si](C)(C)CCCC)CO[Si](C)(C)C. The molecular formula is C31H68O6Si4. The van der Waals surface area contributed by atoms with Gasteiger partial charge in [0.05, 0.1) is 26.5 Å². The summed E-state index contributed by atoms with van der Waals surface area (Å²) in [6.45, 7) is 38.9. The van der Waals surface area contributed by atoms with Crippen LogP contribution in [0, 0.1) is 0 Å². The Morgan fingerprint density at radius 2 is 1.39 bits per heavy atom. The normalized spacial score (nSPS) is 14.7. The predicted molar refractivity (Wildman–Crippen MR) is 186 cm³/mol. The molecule has 0 spiro atoms. The van der Waals surface area contributed by atoms with Crippen molar-refractivity contribution in [3.63, 3.8) is 0 Å². The summed E-state index contributed by atoms with van der Waals surface area (Å²) in [5.74, 6) is -0.394. The van der Waals surface area contributed by atoms with Gasteiger partial charge in [0.2, 0.25) is 8.32 Å². The zero-order valence-electron chi connectivity index (χ0n) is 29.8. The maximum absolute atomic E-state index is 12.1. The topological polar surface area (TPSA) is 63.2 Å². The van der Waals surface area contributed by atoms with E-state index in [1.807, 2.05) is 0 Å². The Morgan fingerprint density at radius 3 is 1.85 bits per heavy atom. The highest BCUT2D eigenvalue weighted by atomic mass is 28.4. The van der Waals surface area contributed by atoms with Crippen molar-refractivity contribution in [2.45, 2.75) is 161 Å². The lowest BCUT2D eigenvalue weighted by molar-refractivity contribution is -0.149. The molecule has 244 valence electrons. The molecule has 41 heavy (non-hydrogen) atoms. The molecule has 0 amide bonds. The monoisotopic (exact) mass is 648 g/mol. The third kappa shape index (κ3) is 14.0. The highest BCUT2D eigenvalue weighted by Gasteiger charge is 2.53. The third-order valence-electron chi connectivity index (χ3n) is 8.66. The Balaban J connectivity index is 5.41. The summed E-state index contributed by atoms with van der Waals surface area (Å²) < 4.78 is 32.1. The molecular weight excluding hydrogens is 581 g/mol. The Kier molecular flexibility index (Phi) is 16.8. The number of hydrogen-bond donors (Lipinski definition) is 0. The van der Waals surface area contributed by atoms with Gasteiger partial charge in [-0.2, -0.15) is 0 Å². The lowest BCUT2D eigenvalue weighted by Gasteiger charge is -2.53. The minimum atomic E-state index is -2.24. The van der Waals surface area contributed by atoms with Crippen molar-refractivity contribution in [1.82, 2.24) is 0 Å². The van der Waals surface area contributed by atoms with E-state index in [-0.39, 0.29) is 10.4 Å². The van der Waals surface area contributed by atoms with E-state index in [0.717, 1.165) is 25.3 Å². The first-order valence-electron chi connectivity index (χ1n) is 16.0. The van der Waals surface area contributed by atoms with E-state index in [9.17, 15) is 4.79 Å². The molecule has 0 bridgehead atoms. The van der Waals surface area contributed by atoms with Crippen LogP contribution in [0.5, 0.6) is 0 Å². The van der Waals surface area contributed by atoms with E-state index in [1.54, 1.807) is 6.92 Å². The number of carbonyl (C=O) groups excluding carboxylic acids is 1. The highest BCUT2D eigenvalue weighted by Crippen LogP contribution is 2.42. The van der Waals surface area contributed by atoms with Gasteiger partial charge >= 0.3 is 5.97 Å². The molecule has 0 aromatic carbocycles. The Hall–Kier alpha value is -0.0825. The molecule has 6 nitrogen and oxygen atoms in total. The van der Waals surface area contributed by atoms with E-state index in [1.165, 1.54) is 18.9 Å². The summed E-state index contributed by atoms with van der Waals surface area (Å²) in [4.78, 5) is 12.1. The minimum absolute atomic E-state index is 0.108. The Morgan fingerprint density at radius 1 is 0.829 bits per heavy atom. The van der Waals surface area contributed by atoms with Crippen molar-refractivity contribution in [3.8, 4) is 0 Å². The van der Waals surface area contributed by atoms with Crippen LogP contribution in [0.1, 0.15) is 73.6 Å². The van der Waals surface area contributed by atoms with Gasteiger partial charge in [-0.15, -0.1) is 0 Å². The number of rotatable bonds is 22. The van der Waals surface area contributed by atoms with E-state index in [2.05, 4.69) is 100 Å². The molecule has 1 unspecified atom stereocenters. The molecule has 0 saturated carbocycles. The van der Waals surface area contributed by atoms with Gasteiger partial charge in [-0.05, 0) is 91.9 Å². The third-order valence-corrected chi connectivity index (χ3v) is 21.5. The fourth-order valence-corrected chi connectivity index (χ4v) is 17.3. The smallest absolute Gasteiger partial charge is 0.333 e. The molecule has 0 N–H and O–H groups in total. The number of unbranched alkanes of at least 4 members (excludes halogenated alkanes) is 1. The summed E-state index contributed by atoms with van der Waals surface area (Å²) in [6.07, 6.45) is 5.00. The average molecular weight is 649 g/mol. The summed E-state index contributed by atoms with van der Waals surface area (Å²) in [7, 11) is -7.59. The van der Waals surface area contributed by atoms with Gasteiger partial charge in [0, 0.05) is 17.4 Å². The van der Waals surface area contributed by atoms with Gasteiger partial charge in [-0.3, -0.25) is 0 Å². The molecule has 0 fully saturated rings. The average Bonchev–Trinajstić information content (AvgIpc) is 2.82. The van der Waals surface area contributed by atoms with Gasteiger partial charge < -0.3 is 22.8 Å². The summed E-state index contributed by atoms with van der Waals surface area (Å²) >= 11 is 0. The van der Waals surface area contributed by atoms with E-state index in [0.29, 0.717) is 25.4 Å². The fourth-order valence-electron chi connectivity index (χ4n) is 5.34. The molecule has 0 aliphatic heterocycles. The van der Waals surface area contributed by atoms with Crippen molar-refractivity contribution in [2.24, 2.45) is 0 Å². The molecule has 0 radical (unpaired) electrons. The quantitative estimate of drug-likeness (QED) is 0.0505. The molecule has 0 aliphatic rings. The summed E-state index contributed by atoms with van der Waals surface area (Å²) in [5, 5.41) is -0.364. The predicted octanol–water partition coefficient (Wildman–Crippen LogP) is 9.10. The molecule has 1 atom stereocenters. The van der Waals surface area contributed by atoms with Crippen molar-refractivity contribution in [1.29, 1.82) is 0 Å². The number of carbonyl (C=O) groups is 1. The van der Waals surface area contributed by atoms with Crippen molar-refractivity contribution >= 4 is 39.0 Å². The minimum Gasteiger partial charge on any atom is -0.454 e. The van der Waals surface area contributed by atoms with Crippen LogP contribution in [0.25, 0.3) is 0 Å². The zero-order chi connectivity index (χ0) is 32.3. The van der Waals surface area contributed by atoms with E-state index >= 15 is 0 Å².